The van der Waals surface area contributed by atoms with Crippen LogP contribution < -0.4 is 0 Å². The van der Waals surface area contributed by atoms with Crippen LogP contribution >= 0.6 is 0 Å². The molecule has 0 aliphatic carbocycles. The second-order valence-electron chi connectivity index (χ2n) is 6.49. The molecule has 1 atom stereocenters. The van der Waals surface area contributed by atoms with Gasteiger partial charge in [-0.3, -0.25) is 0 Å². The van der Waals surface area contributed by atoms with Crippen molar-refractivity contribution in [3.63, 3.8) is 0 Å². The van der Waals surface area contributed by atoms with Crippen molar-refractivity contribution in [3.05, 3.63) is 47.6 Å². The Bertz CT molecular complexity index is 573. The van der Waals surface area contributed by atoms with Crippen molar-refractivity contribution in [1.29, 1.82) is 0 Å². The lowest BCUT2D eigenvalue weighted by atomic mass is 9.92. The van der Waals surface area contributed by atoms with Gasteiger partial charge in [-0.15, -0.1) is 0 Å². The second kappa shape index (κ2) is 7.05. The molecule has 2 aromatic rings. The van der Waals surface area contributed by atoms with Crippen LogP contribution in [0, 0.1) is 12.8 Å². The Kier molecular flexibility index (Phi) is 4.88. The van der Waals surface area contributed by atoms with Crippen LogP contribution in [0.2, 0.25) is 0 Å². The van der Waals surface area contributed by atoms with Crippen LogP contribution in [-0.2, 0) is 6.42 Å². The zero-order valence-corrected chi connectivity index (χ0v) is 13.5. The van der Waals surface area contributed by atoms with E-state index < -0.39 is 0 Å². The van der Waals surface area contributed by atoms with Crippen molar-refractivity contribution in [2.45, 2.75) is 39.0 Å². The Balaban J connectivity index is 1.45. The summed E-state index contributed by atoms with van der Waals surface area (Å²) >= 11 is 0. The molecule has 4 heteroatoms. The molecule has 1 saturated heterocycles. The monoisotopic (exact) mass is 299 g/mol. The summed E-state index contributed by atoms with van der Waals surface area (Å²) in [5, 5.41) is 4.02. The van der Waals surface area contributed by atoms with Crippen molar-refractivity contribution in [2.75, 3.05) is 19.6 Å². The molecule has 0 N–H and O–H groups in total. The van der Waals surface area contributed by atoms with E-state index in [1.807, 2.05) is 6.92 Å². The summed E-state index contributed by atoms with van der Waals surface area (Å²) < 4.78 is 5.06. The molecular formula is C18H25N3O. The summed E-state index contributed by atoms with van der Waals surface area (Å²) in [4.78, 5) is 6.91. The van der Waals surface area contributed by atoms with Gasteiger partial charge in [0, 0.05) is 19.9 Å². The molecule has 0 saturated carbocycles. The highest BCUT2D eigenvalue weighted by Crippen LogP contribution is 2.23. The zero-order chi connectivity index (χ0) is 15.4. The second-order valence-corrected chi connectivity index (χ2v) is 6.49. The highest BCUT2D eigenvalue weighted by Gasteiger charge is 2.22. The Labute approximate surface area is 132 Å². The average Bonchev–Trinajstić information content (AvgIpc) is 2.95. The Hall–Kier alpha value is -1.68. The third-order valence-electron chi connectivity index (χ3n) is 4.65. The van der Waals surface area contributed by atoms with Crippen molar-refractivity contribution < 1.29 is 4.52 Å². The molecule has 3 rings (SSSR count). The van der Waals surface area contributed by atoms with E-state index in [0.29, 0.717) is 17.7 Å². The summed E-state index contributed by atoms with van der Waals surface area (Å²) in [6.07, 6.45) is 3.42. The highest BCUT2D eigenvalue weighted by atomic mass is 16.5. The van der Waals surface area contributed by atoms with Crippen LogP contribution in [0.3, 0.4) is 0 Å². The lowest BCUT2D eigenvalue weighted by molar-refractivity contribution is 0.175. The van der Waals surface area contributed by atoms with E-state index in [9.17, 15) is 0 Å². The fourth-order valence-electron chi connectivity index (χ4n) is 3.33. The first-order chi connectivity index (χ1) is 10.7. The van der Waals surface area contributed by atoms with Crippen LogP contribution in [0.25, 0.3) is 0 Å². The van der Waals surface area contributed by atoms with E-state index in [1.54, 1.807) is 0 Å². The van der Waals surface area contributed by atoms with Gasteiger partial charge in [-0.05, 0) is 43.3 Å². The topological polar surface area (TPSA) is 42.2 Å². The number of piperidine rings is 1. The van der Waals surface area contributed by atoms with E-state index in [4.69, 9.17) is 4.52 Å². The summed E-state index contributed by atoms with van der Waals surface area (Å²) in [5.74, 6) is 2.83. The van der Waals surface area contributed by atoms with E-state index in [2.05, 4.69) is 52.3 Å². The van der Waals surface area contributed by atoms with Gasteiger partial charge in [0.25, 0.3) is 0 Å². The molecule has 1 aromatic carbocycles. The van der Waals surface area contributed by atoms with Crippen LogP contribution in [0.1, 0.15) is 43.0 Å². The predicted octanol–water partition coefficient (Wildman–Crippen LogP) is 3.44. The smallest absolute Gasteiger partial charge is 0.223 e. The number of likely N-dealkylation sites (tertiary alicyclic amines) is 1. The van der Waals surface area contributed by atoms with Crippen LogP contribution in [0.4, 0.5) is 0 Å². The van der Waals surface area contributed by atoms with E-state index >= 15 is 0 Å². The largest absolute Gasteiger partial charge is 0.340 e. The summed E-state index contributed by atoms with van der Waals surface area (Å²) in [6.45, 7) is 7.68. The van der Waals surface area contributed by atoms with Gasteiger partial charge >= 0.3 is 0 Å². The third-order valence-corrected chi connectivity index (χ3v) is 4.65. The molecule has 22 heavy (non-hydrogen) atoms. The van der Waals surface area contributed by atoms with Gasteiger partial charge in [-0.1, -0.05) is 42.4 Å². The number of aryl methyl sites for hydroxylation is 1. The third kappa shape index (κ3) is 3.95. The molecule has 1 aliphatic heterocycles. The first-order valence-electron chi connectivity index (χ1n) is 8.27. The molecule has 0 bridgehead atoms. The Morgan fingerprint density at radius 3 is 2.59 bits per heavy atom. The highest BCUT2D eigenvalue weighted by molar-refractivity contribution is 5.19. The quantitative estimate of drug-likeness (QED) is 0.848. The van der Waals surface area contributed by atoms with Crippen molar-refractivity contribution >= 4 is 0 Å². The number of rotatable bonds is 5. The van der Waals surface area contributed by atoms with Gasteiger partial charge in [0.1, 0.15) is 0 Å². The van der Waals surface area contributed by atoms with Gasteiger partial charge in [0.2, 0.25) is 5.89 Å². The molecule has 0 amide bonds. The normalized spacial score (nSPS) is 18.5. The first-order valence-corrected chi connectivity index (χ1v) is 8.27. The van der Waals surface area contributed by atoms with Crippen molar-refractivity contribution in [2.24, 2.45) is 5.92 Å². The molecule has 0 unspecified atom stereocenters. The van der Waals surface area contributed by atoms with E-state index in [1.165, 1.54) is 31.5 Å². The average molecular weight is 299 g/mol. The fourth-order valence-corrected chi connectivity index (χ4v) is 3.33. The molecule has 118 valence electrons. The number of aromatic nitrogens is 2. The minimum absolute atomic E-state index is 0.595. The lowest BCUT2D eigenvalue weighted by Gasteiger charge is -2.33. The summed E-state index contributed by atoms with van der Waals surface area (Å²) in [7, 11) is 0. The molecule has 1 aromatic heterocycles. The maximum absolute atomic E-state index is 5.06. The lowest BCUT2D eigenvalue weighted by Crippen LogP contribution is -2.36. The summed E-state index contributed by atoms with van der Waals surface area (Å²) in [6, 6.07) is 10.8. The fraction of sp³-hybridized carbons (Fsp3) is 0.556. The van der Waals surface area contributed by atoms with Crippen LogP contribution in [-0.4, -0.2) is 34.7 Å². The zero-order valence-electron chi connectivity index (χ0n) is 13.5. The van der Waals surface area contributed by atoms with Crippen LogP contribution in [0.5, 0.6) is 0 Å². The number of hydrogen-bond donors (Lipinski definition) is 0. The minimum atomic E-state index is 0.595. The molecule has 0 radical (unpaired) electrons. The van der Waals surface area contributed by atoms with Crippen molar-refractivity contribution in [3.8, 4) is 0 Å². The van der Waals surface area contributed by atoms with Gasteiger partial charge in [-0.2, -0.15) is 4.98 Å². The van der Waals surface area contributed by atoms with Gasteiger partial charge in [-0.25, -0.2) is 0 Å². The molecule has 1 fully saturated rings. The Morgan fingerprint density at radius 2 is 1.95 bits per heavy atom. The van der Waals surface area contributed by atoms with Crippen LogP contribution in [0.15, 0.2) is 34.9 Å². The maximum Gasteiger partial charge on any atom is 0.223 e. The van der Waals surface area contributed by atoms with Gasteiger partial charge < -0.3 is 9.42 Å². The standard InChI is InChI=1S/C18H25N3O/c1-14(17-6-4-3-5-7-17)13-21-10-8-16(9-11-21)12-18-19-15(2)22-20-18/h3-7,14,16H,8-13H2,1-2H3/t14-/m1/s1. The van der Waals surface area contributed by atoms with E-state index in [-0.39, 0.29) is 0 Å². The van der Waals surface area contributed by atoms with E-state index in [0.717, 1.165) is 18.8 Å². The molecular weight excluding hydrogens is 274 g/mol. The summed E-state index contributed by atoms with van der Waals surface area (Å²) in [5.41, 5.74) is 1.44. The molecule has 0 spiro atoms. The number of nitrogens with zero attached hydrogens (tertiary/aromatic N) is 3. The minimum Gasteiger partial charge on any atom is -0.340 e. The van der Waals surface area contributed by atoms with Crippen molar-refractivity contribution in [1.82, 2.24) is 15.0 Å². The maximum atomic E-state index is 5.06. The van der Waals surface area contributed by atoms with Gasteiger partial charge in [0.05, 0.1) is 0 Å². The number of benzene rings is 1. The number of hydrogen-bond acceptors (Lipinski definition) is 4. The molecule has 1 aliphatic rings. The Morgan fingerprint density at radius 1 is 1.23 bits per heavy atom. The molecule has 4 nitrogen and oxygen atoms in total. The van der Waals surface area contributed by atoms with Gasteiger partial charge in [0.15, 0.2) is 5.82 Å². The predicted molar refractivity (Wildman–Crippen MR) is 86.8 cm³/mol. The first kappa shape index (κ1) is 15.2. The molecule has 2 heterocycles. The SMILES string of the molecule is Cc1nc(CC2CCN(C[C@@H](C)c3ccccc3)CC2)no1.